The smallest absolute Gasteiger partial charge is 0.0457 e. The second-order valence-corrected chi connectivity index (χ2v) is 5.28. The van der Waals surface area contributed by atoms with E-state index in [1.807, 2.05) is 0 Å². The largest absolute Gasteiger partial charge is 0.318 e. The summed E-state index contributed by atoms with van der Waals surface area (Å²) in [5.74, 6) is 0. The van der Waals surface area contributed by atoms with E-state index >= 15 is 0 Å². The average molecular weight is 256 g/mol. The fraction of sp³-hybridized carbons (Fsp3) is 0.412. The summed E-state index contributed by atoms with van der Waals surface area (Å²) in [7, 11) is 0. The minimum atomic E-state index is 0.945. The Morgan fingerprint density at radius 2 is 1.74 bits per heavy atom. The third-order valence-corrected chi connectivity index (χ3v) is 3.85. The lowest BCUT2D eigenvalue weighted by molar-refractivity contribution is 0.722. The maximum absolute atomic E-state index is 3.40. The summed E-state index contributed by atoms with van der Waals surface area (Å²) >= 11 is 0. The summed E-state index contributed by atoms with van der Waals surface area (Å²) in [4.78, 5) is 0. The number of aromatic nitrogens is 1. The molecule has 2 rings (SSSR count). The topological polar surface area (TPSA) is 17.0 Å². The normalized spacial score (nSPS) is 11.0. The molecule has 0 saturated carbocycles. The van der Waals surface area contributed by atoms with Gasteiger partial charge in [0, 0.05) is 23.6 Å². The van der Waals surface area contributed by atoms with E-state index in [9.17, 15) is 0 Å². The Labute approximate surface area is 116 Å². The molecule has 1 aromatic carbocycles. The van der Waals surface area contributed by atoms with E-state index in [-0.39, 0.29) is 0 Å². The van der Waals surface area contributed by atoms with Crippen molar-refractivity contribution in [2.24, 2.45) is 0 Å². The first-order chi connectivity index (χ1) is 9.04. The zero-order chi connectivity index (χ0) is 14.0. The summed E-state index contributed by atoms with van der Waals surface area (Å²) in [6, 6.07) is 8.96. The maximum Gasteiger partial charge on any atom is 0.0457 e. The molecule has 0 aliphatic carbocycles. The number of aryl methyl sites for hydroxylation is 3. The molecule has 0 aliphatic rings. The lowest BCUT2D eigenvalue weighted by Crippen LogP contribution is -2.12. The van der Waals surface area contributed by atoms with Gasteiger partial charge in [-0.15, -0.1) is 0 Å². The highest BCUT2D eigenvalue weighted by molar-refractivity contribution is 5.45. The summed E-state index contributed by atoms with van der Waals surface area (Å²) in [5, 5.41) is 3.40. The molecule has 0 aliphatic heterocycles. The van der Waals surface area contributed by atoms with Gasteiger partial charge in [-0.05, 0) is 69.1 Å². The Morgan fingerprint density at radius 1 is 1.00 bits per heavy atom. The fourth-order valence-electron chi connectivity index (χ4n) is 2.53. The molecule has 2 nitrogen and oxygen atoms in total. The van der Waals surface area contributed by atoms with Crippen molar-refractivity contribution in [3.05, 3.63) is 52.3 Å². The van der Waals surface area contributed by atoms with Crippen LogP contribution in [0.15, 0.2) is 24.3 Å². The van der Waals surface area contributed by atoms with Gasteiger partial charge in [-0.1, -0.05) is 13.0 Å². The van der Waals surface area contributed by atoms with Crippen LogP contribution in [0.5, 0.6) is 0 Å². The molecule has 0 saturated heterocycles. The van der Waals surface area contributed by atoms with Gasteiger partial charge < -0.3 is 9.88 Å². The number of hydrogen-bond donors (Lipinski definition) is 1. The van der Waals surface area contributed by atoms with Crippen LogP contribution in [0.25, 0.3) is 5.69 Å². The third-order valence-electron chi connectivity index (χ3n) is 3.85. The standard InChI is InChI=1S/C17H24N2/c1-6-18-11-16-10-14(4)19(15(16)5)17-8-7-12(2)13(3)9-17/h7-10,18H,6,11H2,1-5H3. The van der Waals surface area contributed by atoms with Crippen molar-refractivity contribution in [3.63, 3.8) is 0 Å². The minimum absolute atomic E-state index is 0.945. The van der Waals surface area contributed by atoms with Crippen molar-refractivity contribution in [2.75, 3.05) is 6.54 Å². The van der Waals surface area contributed by atoms with Crippen molar-refractivity contribution < 1.29 is 0 Å². The van der Waals surface area contributed by atoms with Crippen LogP contribution >= 0.6 is 0 Å². The van der Waals surface area contributed by atoms with Gasteiger partial charge in [-0.2, -0.15) is 0 Å². The van der Waals surface area contributed by atoms with E-state index in [4.69, 9.17) is 0 Å². The van der Waals surface area contributed by atoms with Crippen LogP contribution in [0, 0.1) is 27.7 Å². The van der Waals surface area contributed by atoms with Gasteiger partial charge in [0.2, 0.25) is 0 Å². The highest BCUT2D eigenvalue weighted by Gasteiger charge is 2.10. The first-order valence-corrected chi connectivity index (χ1v) is 7.00. The molecule has 1 N–H and O–H groups in total. The molecule has 2 aromatic rings. The minimum Gasteiger partial charge on any atom is -0.318 e. The Hall–Kier alpha value is -1.54. The molecule has 0 bridgehead atoms. The van der Waals surface area contributed by atoms with Gasteiger partial charge in [-0.25, -0.2) is 0 Å². The number of rotatable bonds is 4. The molecule has 0 atom stereocenters. The number of benzene rings is 1. The SMILES string of the molecule is CCNCc1cc(C)n(-c2ccc(C)c(C)c2)c1C. The maximum atomic E-state index is 3.40. The second kappa shape index (κ2) is 5.62. The first kappa shape index (κ1) is 13.9. The zero-order valence-electron chi connectivity index (χ0n) is 12.7. The van der Waals surface area contributed by atoms with E-state index in [2.05, 4.69) is 68.8 Å². The predicted molar refractivity (Wildman–Crippen MR) is 82.1 cm³/mol. The number of nitrogens with one attached hydrogen (secondary N) is 1. The van der Waals surface area contributed by atoms with Crippen LogP contribution in [0.4, 0.5) is 0 Å². The summed E-state index contributed by atoms with van der Waals surface area (Å²) in [6.45, 7) is 12.8. The molecule has 102 valence electrons. The first-order valence-electron chi connectivity index (χ1n) is 7.00. The van der Waals surface area contributed by atoms with E-state index in [0.717, 1.165) is 13.1 Å². The van der Waals surface area contributed by atoms with Crippen LogP contribution < -0.4 is 5.32 Å². The number of hydrogen-bond acceptors (Lipinski definition) is 1. The fourth-order valence-corrected chi connectivity index (χ4v) is 2.53. The molecule has 2 heteroatoms. The molecule has 1 aromatic heterocycles. The molecule has 19 heavy (non-hydrogen) atoms. The van der Waals surface area contributed by atoms with Crippen LogP contribution in [-0.4, -0.2) is 11.1 Å². The van der Waals surface area contributed by atoms with Gasteiger partial charge in [0.15, 0.2) is 0 Å². The Balaban J connectivity index is 2.44. The van der Waals surface area contributed by atoms with Crippen molar-refractivity contribution >= 4 is 0 Å². The lowest BCUT2D eigenvalue weighted by Gasteiger charge is -2.12. The van der Waals surface area contributed by atoms with E-state index in [0.29, 0.717) is 0 Å². The third kappa shape index (κ3) is 2.74. The summed E-state index contributed by atoms with van der Waals surface area (Å²) < 4.78 is 2.35. The van der Waals surface area contributed by atoms with Crippen LogP contribution in [0.2, 0.25) is 0 Å². The zero-order valence-corrected chi connectivity index (χ0v) is 12.7. The lowest BCUT2D eigenvalue weighted by atomic mass is 10.1. The van der Waals surface area contributed by atoms with E-state index in [1.54, 1.807) is 0 Å². The van der Waals surface area contributed by atoms with Gasteiger partial charge in [0.05, 0.1) is 0 Å². The quantitative estimate of drug-likeness (QED) is 0.880. The predicted octanol–water partition coefficient (Wildman–Crippen LogP) is 3.82. The molecule has 0 fully saturated rings. The Kier molecular flexibility index (Phi) is 4.11. The summed E-state index contributed by atoms with van der Waals surface area (Å²) in [6.07, 6.45) is 0. The molecule has 1 heterocycles. The molecular formula is C17H24N2. The van der Waals surface area contributed by atoms with Crippen LogP contribution in [0.3, 0.4) is 0 Å². The molecule has 0 amide bonds. The van der Waals surface area contributed by atoms with E-state index in [1.165, 1.54) is 33.8 Å². The van der Waals surface area contributed by atoms with Crippen molar-refractivity contribution in [1.29, 1.82) is 0 Å². The monoisotopic (exact) mass is 256 g/mol. The Bertz CT molecular complexity index is 579. The van der Waals surface area contributed by atoms with Crippen molar-refractivity contribution in [3.8, 4) is 5.69 Å². The molecule has 0 radical (unpaired) electrons. The average Bonchev–Trinajstić information content (AvgIpc) is 2.65. The highest BCUT2D eigenvalue weighted by Crippen LogP contribution is 2.22. The van der Waals surface area contributed by atoms with Gasteiger partial charge >= 0.3 is 0 Å². The van der Waals surface area contributed by atoms with Gasteiger partial charge in [0.25, 0.3) is 0 Å². The van der Waals surface area contributed by atoms with Crippen LogP contribution in [0.1, 0.15) is 35.0 Å². The summed E-state index contributed by atoms with van der Waals surface area (Å²) in [5.41, 5.74) is 7.98. The highest BCUT2D eigenvalue weighted by atomic mass is 15.0. The Morgan fingerprint density at radius 3 is 2.37 bits per heavy atom. The van der Waals surface area contributed by atoms with E-state index < -0.39 is 0 Å². The van der Waals surface area contributed by atoms with Crippen molar-refractivity contribution in [1.82, 2.24) is 9.88 Å². The molecule has 0 spiro atoms. The van der Waals surface area contributed by atoms with Crippen molar-refractivity contribution in [2.45, 2.75) is 41.2 Å². The second-order valence-electron chi connectivity index (χ2n) is 5.28. The number of nitrogens with zero attached hydrogens (tertiary/aromatic N) is 1. The molecule has 0 unspecified atom stereocenters. The molecular weight excluding hydrogens is 232 g/mol. The van der Waals surface area contributed by atoms with Gasteiger partial charge in [-0.3, -0.25) is 0 Å². The van der Waals surface area contributed by atoms with Gasteiger partial charge in [0.1, 0.15) is 0 Å². The van der Waals surface area contributed by atoms with Crippen LogP contribution in [-0.2, 0) is 6.54 Å².